The first kappa shape index (κ1) is 11.7. The molecule has 0 bridgehead atoms. The fourth-order valence-corrected chi connectivity index (χ4v) is 1.64. The molecule has 7 nitrogen and oxygen atoms in total. The summed E-state index contributed by atoms with van der Waals surface area (Å²) in [6, 6.07) is 0.291. The van der Waals surface area contributed by atoms with Crippen molar-refractivity contribution in [3.8, 4) is 0 Å². The Morgan fingerprint density at radius 3 is 2.94 bits per heavy atom. The Bertz CT molecular complexity index is 470. The van der Waals surface area contributed by atoms with Crippen molar-refractivity contribution in [3.05, 3.63) is 24.0 Å². The number of hydrogen-bond donors (Lipinski definition) is 1. The van der Waals surface area contributed by atoms with E-state index in [4.69, 9.17) is 5.73 Å². The number of hydrogen-bond acceptors (Lipinski definition) is 5. The van der Waals surface area contributed by atoms with E-state index in [0.29, 0.717) is 19.1 Å². The van der Waals surface area contributed by atoms with Crippen LogP contribution in [-0.2, 0) is 13.0 Å². The van der Waals surface area contributed by atoms with Crippen LogP contribution in [-0.4, -0.2) is 36.3 Å². The fraction of sp³-hybridized carbons (Fsp3) is 0.600. The lowest BCUT2D eigenvalue weighted by molar-refractivity contribution is 0.485. The highest BCUT2D eigenvalue weighted by Crippen LogP contribution is 2.06. The van der Waals surface area contributed by atoms with Crippen LogP contribution in [0.2, 0.25) is 0 Å². The minimum absolute atomic E-state index is 0.291. The SMILES string of the molecule is CC(C)n1ncnc1Cn1cc(CCN)nn1. The van der Waals surface area contributed by atoms with Crippen LogP contribution in [0.4, 0.5) is 0 Å². The van der Waals surface area contributed by atoms with E-state index in [2.05, 4.69) is 34.2 Å². The second kappa shape index (κ2) is 5.05. The highest BCUT2D eigenvalue weighted by atomic mass is 15.4. The van der Waals surface area contributed by atoms with Crippen LogP contribution >= 0.6 is 0 Å². The van der Waals surface area contributed by atoms with Gasteiger partial charge >= 0.3 is 0 Å². The van der Waals surface area contributed by atoms with E-state index in [1.807, 2.05) is 10.9 Å². The average Bonchev–Trinajstić information content (AvgIpc) is 2.89. The molecule has 0 unspecified atom stereocenters. The minimum Gasteiger partial charge on any atom is -0.330 e. The second-order valence-corrected chi connectivity index (χ2v) is 4.16. The molecule has 0 amide bonds. The molecule has 0 aliphatic heterocycles. The molecule has 2 aromatic heterocycles. The summed E-state index contributed by atoms with van der Waals surface area (Å²) in [5.41, 5.74) is 6.37. The molecule has 17 heavy (non-hydrogen) atoms. The largest absolute Gasteiger partial charge is 0.330 e. The van der Waals surface area contributed by atoms with Gasteiger partial charge in [0.25, 0.3) is 0 Å². The van der Waals surface area contributed by atoms with Crippen molar-refractivity contribution in [1.29, 1.82) is 0 Å². The number of nitrogens with zero attached hydrogens (tertiary/aromatic N) is 6. The molecule has 0 fully saturated rings. The topological polar surface area (TPSA) is 87.4 Å². The summed E-state index contributed by atoms with van der Waals surface area (Å²) in [5.74, 6) is 0.879. The summed E-state index contributed by atoms with van der Waals surface area (Å²) in [4.78, 5) is 4.23. The molecular weight excluding hydrogens is 218 g/mol. The minimum atomic E-state index is 0.291. The normalized spacial score (nSPS) is 11.3. The molecule has 2 N–H and O–H groups in total. The van der Waals surface area contributed by atoms with E-state index in [1.165, 1.54) is 0 Å². The van der Waals surface area contributed by atoms with Crippen LogP contribution in [0.15, 0.2) is 12.5 Å². The third-order valence-electron chi connectivity index (χ3n) is 2.43. The van der Waals surface area contributed by atoms with Crippen molar-refractivity contribution in [2.24, 2.45) is 5.73 Å². The Kier molecular flexibility index (Phi) is 3.48. The van der Waals surface area contributed by atoms with Crippen LogP contribution in [0.25, 0.3) is 0 Å². The van der Waals surface area contributed by atoms with Crippen LogP contribution in [0.3, 0.4) is 0 Å². The monoisotopic (exact) mass is 235 g/mol. The average molecular weight is 235 g/mol. The second-order valence-electron chi connectivity index (χ2n) is 4.16. The van der Waals surface area contributed by atoms with Gasteiger partial charge < -0.3 is 5.73 Å². The van der Waals surface area contributed by atoms with Gasteiger partial charge in [-0.15, -0.1) is 5.10 Å². The Labute approximate surface area is 99.6 Å². The Hall–Kier alpha value is -1.76. The first-order valence-corrected chi connectivity index (χ1v) is 5.68. The van der Waals surface area contributed by atoms with E-state index in [9.17, 15) is 0 Å². The first-order valence-electron chi connectivity index (χ1n) is 5.68. The van der Waals surface area contributed by atoms with Crippen molar-refractivity contribution >= 4 is 0 Å². The molecule has 2 heterocycles. The van der Waals surface area contributed by atoms with Crippen molar-refractivity contribution in [3.63, 3.8) is 0 Å². The zero-order chi connectivity index (χ0) is 12.3. The Balaban J connectivity index is 2.11. The van der Waals surface area contributed by atoms with Gasteiger partial charge in [-0.05, 0) is 20.4 Å². The molecule has 0 saturated heterocycles. The van der Waals surface area contributed by atoms with E-state index >= 15 is 0 Å². The maximum absolute atomic E-state index is 5.47. The van der Waals surface area contributed by atoms with Gasteiger partial charge in [-0.2, -0.15) is 5.10 Å². The third-order valence-corrected chi connectivity index (χ3v) is 2.43. The highest BCUT2D eigenvalue weighted by molar-refractivity contribution is 4.95. The van der Waals surface area contributed by atoms with Gasteiger partial charge in [0.15, 0.2) is 0 Å². The molecule has 0 radical (unpaired) electrons. The predicted octanol–water partition coefficient (Wildman–Crippen LogP) is -0.000000000000000111. The molecule has 7 heteroatoms. The molecule has 92 valence electrons. The van der Waals surface area contributed by atoms with E-state index in [0.717, 1.165) is 17.9 Å². The molecule has 2 aromatic rings. The summed E-state index contributed by atoms with van der Waals surface area (Å²) in [5, 5.41) is 12.3. The highest BCUT2D eigenvalue weighted by Gasteiger charge is 2.09. The van der Waals surface area contributed by atoms with E-state index in [1.54, 1.807) is 11.0 Å². The summed E-state index contributed by atoms with van der Waals surface area (Å²) >= 11 is 0. The predicted molar refractivity (Wildman–Crippen MR) is 62.3 cm³/mol. The summed E-state index contributed by atoms with van der Waals surface area (Å²) in [6.07, 6.45) is 4.20. The maximum Gasteiger partial charge on any atom is 0.148 e. The zero-order valence-electron chi connectivity index (χ0n) is 10.1. The molecule has 0 saturated carbocycles. The van der Waals surface area contributed by atoms with Gasteiger partial charge in [-0.3, -0.25) is 0 Å². The fourth-order valence-electron chi connectivity index (χ4n) is 1.64. The van der Waals surface area contributed by atoms with E-state index in [-0.39, 0.29) is 0 Å². The van der Waals surface area contributed by atoms with Crippen LogP contribution in [0.1, 0.15) is 31.4 Å². The molecule has 0 aliphatic rings. The maximum atomic E-state index is 5.47. The molecule has 0 spiro atoms. The molecule has 0 atom stereocenters. The molecular formula is C10H17N7. The van der Waals surface area contributed by atoms with Gasteiger partial charge in [0, 0.05) is 18.7 Å². The lowest BCUT2D eigenvalue weighted by atomic mass is 10.3. The van der Waals surface area contributed by atoms with Gasteiger partial charge in [-0.25, -0.2) is 14.3 Å². The number of aromatic nitrogens is 6. The van der Waals surface area contributed by atoms with Gasteiger partial charge in [0.05, 0.1) is 5.69 Å². The number of nitrogens with two attached hydrogens (primary N) is 1. The van der Waals surface area contributed by atoms with Crippen molar-refractivity contribution in [2.45, 2.75) is 32.9 Å². The van der Waals surface area contributed by atoms with Gasteiger partial charge in [0.2, 0.25) is 0 Å². The van der Waals surface area contributed by atoms with Crippen molar-refractivity contribution in [2.75, 3.05) is 6.54 Å². The first-order chi connectivity index (χ1) is 8.20. The lowest BCUT2D eigenvalue weighted by Gasteiger charge is -2.08. The quantitative estimate of drug-likeness (QED) is 0.788. The van der Waals surface area contributed by atoms with Crippen LogP contribution < -0.4 is 5.73 Å². The van der Waals surface area contributed by atoms with Gasteiger partial charge in [-0.1, -0.05) is 5.21 Å². The molecule has 0 aromatic carbocycles. The molecule has 0 aliphatic carbocycles. The van der Waals surface area contributed by atoms with Gasteiger partial charge in [0.1, 0.15) is 18.7 Å². The summed E-state index contributed by atoms with van der Waals surface area (Å²) < 4.78 is 3.64. The van der Waals surface area contributed by atoms with Crippen LogP contribution in [0.5, 0.6) is 0 Å². The Morgan fingerprint density at radius 2 is 2.24 bits per heavy atom. The van der Waals surface area contributed by atoms with Crippen LogP contribution in [0, 0.1) is 0 Å². The Morgan fingerprint density at radius 1 is 1.41 bits per heavy atom. The number of rotatable bonds is 5. The lowest BCUT2D eigenvalue weighted by Crippen LogP contribution is -2.12. The molecule has 2 rings (SSSR count). The third kappa shape index (κ3) is 2.68. The smallest absolute Gasteiger partial charge is 0.148 e. The zero-order valence-corrected chi connectivity index (χ0v) is 10.1. The van der Waals surface area contributed by atoms with Crippen molar-refractivity contribution < 1.29 is 0 Å². The summed E-state index contributed by atoms with van der Waals surface area (Å²) in [7, 11) is 0. The standard InChI is InChI=1S/C10H17N7/c1-8(2)17-10(12-7-13-17)6-16-5-9(3-4-11)14-15-16/h5,7-8H,3-4,6,11H2,1-2H3. The van der Waals surface area contributed by atoms with Crippen molar-refractivity contribution in [1.82, 2.24) is 29.8 Å². The van der Waals surface area contributed by atoms with E-state index < -0.39 is 0 Å². The summed E-state index contributed by atoms with van der Waals surface area (Å²) in [6.45, 7) is 5.30.